The molecule has 0 heterocycles. The Morgan fingerprint density at radius 2 is 0.214 bits per heavy atom. The maximum absolute atomic E-state index is 10.2. The van der Waals surface area contributed by atoms with E-state index in [-0.39, 0.29) is 0 Å². The number of carboxylic acids is 6. The van der Waals surface area contributed by atoms with Crippen molar-refractivity contribution in [3.05, 3.63) is 0 Å². The van der Waals surface area contributed by atoms with Gasteiger partial charge in [0.1, 0.15) is 0 Å². The largest absolute Gasteiger partial charge is 0.481 e. The maximum atomic E-state index is 10.2. The van der Waals surface area contributed by atoms with Crippen molar-refractivity contribution in [2.75, 3.05) is 0 Å². The van der Waals surface area contributed by atoms with Crippen LogP contribution in [0.1, 0.15) is 427 Å². The van der Waals surface area contributed by atoms with Crippen LogP contribution in [0.2, 0.25) is 0 Å². The molecule has 0 aromatic heterocycles. The monoisotopic (exact) mass is 1200 g/mol. The number of hydrogen-bond donors (Lipinski definition) is 6. The summed E-state index contributed by atoms with van der Waals surface area (Å²) >= 11 is 0. The van der Waals surface area contributed by atoms with Gasteiger partial charge in [0.2, 0.25) is 0 Å². The third-order valence-electron chi connectivity index (χ3n) is 15.0. The number of carbonyl (C=O) groups is 6. The van der Waals surface area contributed by atoms with E-state index in [0.717, 1.165) is 77.0 Å². The molecular formula is C72H144O12. The highest BCUT2D eigenvalue weighted by Gasteiger charge is 2.02. The van der Waals surface area contributed by atoms with Crippen molar-refractivity contribution in [2.45, 2.75) is 427 Å². The summed E-state index contributed by atoms with van der Waals surface area (Å²) in [5.74, 6) is -3.96. The fourth-order valence-corrected chi connectivity index (χ4v) is 9.52. The fraction of sp³-hybridized carbons (Fsp3) is 0.917. The van der Waals surface area contributed by atoms with Gasteiger partial charge in [-0.15, -0.1) is 0 Å². The van der Waals surface area contributed by atoms with Gasteiger partial charge in [-0.05, 0) is 38.5 Å². The predicted octanol–water partition coefficient (Wildman–Crippen LogP) is 24.0. The summed E-state index contributed by atoms with van der Waals surface area (Å²) in [7, 11) is 0. The molecule has 0 bridgehead atoms. The molecule has 0 rings (SSSR count). The van der Waals surface area contributed by atoms with Crippen LogP contribution in [0.5, 0.6) is 0 Å². The van der Waals surface area contributed by atoms with Crippen LogP contribution in [-0.2, 0) is 28.8 Å². The van der Waals surface area contributed by atoms with Crippen molar-refractivity contribution in [3.63, 3.8) is 0 Å². The zero-order valence-electron chi connectivity index (χ0n) is 56.6. The van der Waals surface area contributed by atoms with E-state index in [2.05, 4.69) is 41.5 Å². The lowest BCUT2D eigenvalue weighted by molar-refractivity contribution is -0.138. The lowest BCUT2D eigenvalue weighted by Gasteiger charge is -2.00. The summed E-state index contributed by atoms with van der Waals surface area (Å²) in [6.07, 6.45) is 68.9. The second kappa shape index (κ2) is 88.6. The van der Waals surface area contributed by atoms with Gasteiger partial charge in [-0.1, -0.05) is 350 Å². The topological polar surface area (TPSA) is 224 Å². The summed E-state index contributed by atoms with van der Waals surface area (Å²) in [5, 5.41) is 50.5. The van der Waals surface area contributed by atoms with Gasteiger partial charge in [0.25, 0.3) is 0 Å². The van der Waals surface area contributed by atoms with Crippen molar-refractivity contribution < 1.29 is 59.4 Å². The maximum Gasteiger partial charge on any atom is 0.303 e. The average Bonchev–Trinajstić information content (AvgIpc) is 3.45. The molecule has 0 saturated carbocycles. The van der Waals surface area contributed by atoms with Crippen LogP contribution in [0.3, 0.4) is 0 Å². The van der Waals surface area contributed by atoms with Crippen LogP contribution in [-0.4, -0.2) is 66.5 Å². The van der Waals surface area contributed by atoms with Gasteiger partial charge < -0.3 is 30.6 Å². The Hall–Kier alpha value is -3.18. The molecule has 84 heavy (non-hydrogen) atoms. The molecular weight excluding hydrogens is 1060 g/mol. The van der Waals surface area contributed by atoms with Crippen LogP contribution in [0.4, 0.5) is 0 Å². The second-order valence-corrected chi connectivity index (χ2v) is 23.8. The van der Waals surface area contributed by atoms with Gasteiger partial charge in [0.15, 0.2) is 0 Å². The summed E-state index contributed by atoms with van der Waals surface area (Å²) < 4.78 is 0. The number of aliphatic carboxylic acids is 6. The smallest absolute Gasteiger partial charge is 0.303 e. The first-order chi connectivity index (χ1) is 40.6. The highest BCUT2D eigenvalue weighted by Crippen LogP contribution is 2.15. The van der Waals surface area contributed by atoms with Crippen LogP contribution < -0.4 is 0 Å². The van der Waals surface area contributed by atoms with E-state index in [0.29, 0.717) is 38.5 Å². The quantitative estimate of drug-likeness (QED) is 0.0313. The molecule has 0 radical (unpaired) electrons. The number of unbranched alkanes of at least 4 members (excludes halogenated alkanes) is 48. The van der Waals surface area contributed by atoms with E-state index in [1.807, 2.05) is 0 Å². The minimum Gasteiger partial charge on any atom is -0.481 e. The van der Waals surface area contributed by atoms with Gasteiger partial charge in [0, 0.05) is 38.5 Å². The molecule has 0 aliphatic rings. The van der Waals surface area contributed by atoms with Gasteiger partial charge in [-0.25, -0.2) is 0 Å². The fourth-order valence-electron chi connectivity index (χ4n) is 9.52. The Labute approximate surface area is 519 Å². The van der Waals surface area contributed by atoms with Gasteiger partial charge >= 0.3 is 35.8 Å². The first kappa shape index (κ1) is 92.0. The zero-order chi connectivity index (χ0) is 63.9. The molecule has 12 nitrogen and oxygen atoms in total. The van der Waals surface area contributed by atoms with Gasteiger partial charge in [-0.3, -0.25) is 28.8 Å². The van der Waals surface area contributed by atoms with Crippen molar-refractivity contribution in [2.24, 2.45) is 0 Å². The Kier molecular flexibility index (Phi) is 97.0. The van der Waals surface area contributed by atoms with E-state index in [9.17, 15) is 28.8 Å². The molecule has 0 aliphatic heterocycles. The van der Waals surface area contributed by atoms with Gasteiger partial charge in [-0.2, -0.15) is 0 Å². The summed E-state index contributed by atoms with van der Waals surface area (Å²) in [6.45, 7) is 13.4. The molecule has 0 atom stereocenters. The molecule has 0 spiro atoms. The molecule has 6 N–H and O–H groups in total. The lowest BCUT2D eigenvalue weighted by atomic mass is 10.1. The van der Waals surface area contributed by atoms with Crippen LogP contribution >= 0.6 is 0 Å². The standard InChI is InChI=1S/6C12H24O2/c6*1-2-3-4-5-6-7-8-9-10-11-12(13)14/h6*2-11H2,1H3,(H,13,14). The molecule has 12 heteroatoms. The SMILES string of the molecule is CCCCCCCCCCCC(=O)O.CCCCCCCCCCCC(=O)O.CCCCCCCCCCCC(=O)O.CCCCCCCCCCCC(=O)O.CCCCCCCCCCCC(=O)O.CCCCCCCCCCCC(=O)O. The summed E-state index contributed by atoms with van der Waals surface area (Å²) in [4.78, 5) is 61.2. The molecule has 0 aromatic rings. The molecule has 504 valence electrons. The first-order valence-corrected chi connectivity index (χ1v) is 35.9. The van der Waals surface area contributed by atoms with Crippen LogP contribution in [0.15, 0.2) is 0 Å². The molecule has 0 aliphatic carbocycles. The third-order valence-corrected chi connectivity index (χ3v) is 15.0. The minimum atomic E-state index is -0.659. The Morgan fingerprint density at radius 1 is 0.143 bits per heavy atom. The van der Waals surface area contributed by atoms with Crippen molar-refractivity contribution >= 4 is 35.8 Å². The normalized spacial score (nSPS) is 10.4. The third kappa shape index (κ3) is 121. The molecule has 0 unspecified atom stereocenters. The van der Waals surface area contributed by atoms with E-state index < -0.39 is 35.8 Å². The van der Waals surface area contributed by atoms with Crippen LogP contribution in [0.25, 0.3) is 0 Å². The van der Waals surface area contributed by atoms with E-state index in [1.165, 1.54) is 270 Å². The number of rotatable bonds is 60. The average molecular weight is 1200 g/mol. The first-order valence-electron chi connectivity index (χ1n) is 35.9. The van der Waals surface area contributed by atoms with E-state index in [1.54, 1.807) is 0 Å². The minimum absolute atomic E-state index is 0.343. The predicted molar refractivity (Wildman–Crippen MR) is 357 cm³/mol. The number of hydrogen-bond acceptors (Lipinski definition) is 6. The number of carboxylic acid groups (broad SMARTS) is 6. The Balaban J connectivity index is -0.000000217. The Bertz CT molecular complexity index is 1040. The van der Waals surface area contributed by atoms with E-state index >= 15 is 0 Å². The summed E-state index contributed by atoms with van der Waals surface area (Å²) in [6, 6.07) is 0. The Morgan fingerprint density at radius 3 is 0.286 bits per heavy atom. The lowest BCUT2D eigenvalue weighted by Crippen LogP contribution is -1.93. The summed E-state index contributed by atoms with van der Waals surface area (Å²) in [5.41, 5.74) is 0. The zero-order valence-corrected chi connectivity index (χ0v) is 56.6. The second-order valence-electron chi connectivity index (χ2n) is 23.8. The molecule has 0 saturated heterocycles. The molecule has 0 amide bonds. The van der Waals surface area contributed by atoms with Crippen molar-refractivity contribution in [3.8, 4) is 0 Å². The van der Waals surface area contributed by atoms with Crippen molar-refractivity contribution in [1.29, 1.82) is 0 Å². The highest BCUT2D eigenvalue weighted by atomic mass is 16.4. The van der Waals surface area contributed by atoms with Gasteiger partial charge in [0.05, 0.1) is 0 Å². The highest BCUT2D eigenvalue weighted by molar-refractivity contribution is 5.68. The van der Waals surface area contributed by atoms with E-state index in [4.69, 9.17) is 30.6 Å². The van der Waals surface area contributed by atoms with Crippen LogP contribution in [0, 0.1) is 0 Å². The molecule has 0 fully saturated rings. The molecule has 0 aromatic carbocycles. The van der Waals surface area contributed by atoms with Crippen molar-refractivity contribution in [1.82, 2.24) is 0 Å².